The first-order valence-electron chi connectivity index (χ1n) is 17.1. The van der Waals surface area contributed by atoms with Crippen LogP contribution in [0.25, 0.3) is 76.5 Å². The molecule has 0 amide bonds. The van der Waals surface area contributed by atoms with Crippen LogP contribution in [0.2, 0.25) is 0 Å². The maximum absolute atomic E-state index is 6.35. The number of anilines is 3. The molecule has 0 unspecified atom stereocenters. The molecule has 234 valence electrons. The molecule has 10 aromatic rings. The first-order valence-corrected chi connectivity index (χ1v) is 17.1. The summed E-state index contributed by atoms with van der Waals surface area (Å²) in [6.07, 6.45) is 0. The number of furan rings is 1. The van der Waals surface area contributed by atoms with Crippen LogP contribution >= 0.6 is 0 Å². The van der Waals surface area contributed by atoms with E-state index in [2.05, 4.69) is 181 Å². The normalized spacial score (nSPS) is 11.6. The molecule has 9 aromatic carbocycles. The van der Waals surface area contributed by atoms with Gasteiger partial charge in [-0.25, -0.2) is 0 Å². The van der Waals surface area contributed by atoms with Gasteiger partial charge in [0, 0.05) is 16.8 Å². The van der Waals surface area contributed by atoms with Crippen LogP contribution in [-0.2, 0) is 0 Å². The van der Waals surface area contributed by atoms with Crippen LogP contribution in [0, 0.1) is 0 Å². The second kappa shape index (κ2) is 11.5. The molecule has 0 fully saturated rings. The third-order valence-corrected chi connectivity index (χ3v) is 10.1. The summed E-state index contributed by atoms with van der Waals surface area (Å²) >= 11 is 0. The Bertz CT molecular complexity index is 2850. The monoisotopic (exact) mass is 637 g/mol. The number of hydrogen-bond donors (Lipinski definition) is 0. The van der Waals surface area contributed by atoms with Gasteiger partial charge in [-0.05, 0) is 103 Å². The summed E-state index contributed by atoms with van der Waals surface area (Å²) in [7, 11) is 0. The molecule has 0 bridgehead atoms. The zero-order valence-corrected chi connectivity index (χ0v) is 27.3. The first-order chi connectivity index (χ1) is 24.8. The van der Waals surface area contributed by atoms with Gasteiger partial charge in [0.25, 0.3) is 0 Å². The molecule has 0 saturated heterocycles. The highest BCUT2D eigenvalue weighted by Gasteiger charge is 2.20. The summed E-state index contributed by atoms with van der Waals surface area (Å²) in [5.74, 6) is 0. The maximum Gasteiger partial charge on any atom is 0.137 e. The topological polar surface area (TPSA) is 16.4 Å². The molecule has 10 rings (SSSR count). The third-order valence-electron chi connectivity index (χ3n) is 10.1. The fourth-order valence-electron chi connectivity index (χ4n) is 7.69. The van der Waals surface area contributed by atoms with E-state index in [9.17, 15) is 0 Å². The standard InChI is InChI=1S/C48H31NO/c1-2-11-32(12-3-1)33-21-26-36(27-22-33)49(45-18-10-20-47-48(45)42-17-8-9-19-46(42)50-47)37-28-23-35(24-29-37)43-31-44-38-14-5-4-13-34(38)25-30-41(44)39-15-6-7-16-40(39)43/h1-31H. The van der Waals surface area contributed by atoms with Crippen LogP contribution in [0.1, 0.15) is 0 Å². The van der Waals surface area contributed by atoms with E-state index in [0.29, 0.717) is 0 Å². The van der Waals surface area contributed by atoms with Crippen molar-refractivity contribution in [3.8, 4) is 22.3 Å². The highest BCUT2D eigenvalue weighted by molar-refractivity contribution is 6.21. The molecule has 50 heavy (non-hydrogen) atoms. The van der Waals surface area contributed by atoms with Crippen LogP contribution in [0.3, 0.4) is 0 Å². The molecular formula is C48H31NO. The second-order valence-corrected chi connectivity index (χ2v) is 12.9. The Balaban J connectivity index is 1.16. The predicted octanol–water partition coefficient (Wildman–Crippen LogP) is 13.8. The van der Waals surface area contributed by atoms with Crippen LogP contribution in [0.5, 0.6) is 0 Å². The Morgan fingerprint density at radius 3 is 1.70 bits per heavy atom. The maximum atomic E-state index is 6.35. The van der Waals surface area contributed by atoms with Gasteiger partial charge in [-0.15, -0.1) is 0 Å². The quantitative estimate of drug-likeness (QED) is 0.175. The van der Waals surface area contributed by atoms with Crippen molar-refractivity contribution in [1.82, 2.24) is 0 Å². The molecule has 1 heterocycles. The van der Waals surface area contributed by atoms with Crippen molar-refractivity contribution in [3.63, 3.8) is 0 Å². The summed E-state index contributed by atoms with van der Waals surface area (Å²) < 4.78 is 6.35. The van der Waals surface area contributed by atoms with Gasteiger partial charge >= 0.3 is 0 Å². The Hall–Kier alpha value is -6.64. The average Bonchev–Trinajstić information content (AvgIpc) is 3.58. The lowest BCUT2D eigenvalue weighted by Crippen LogP contribution is -2.10. The van der Waals surface area contributed by atoms with Crippen molar-refractivity contribution in [1.29, 1.82) is 0 Å². The minimum atomic E-state index is 0.876. The van der Waals surface area contributed by atoms with E-state index >= 15 is 0 Å². The average molecular weight is 638 g/mol. The molecule has 0 aliphatic rings. The van der Waals surface area contributed by atoms with Crippen LogP contribution in [-0.4, -0.2) is 0 Å². The van der Waals surface area contributed by atoms with Crippen LogP contribution < -0.4 is 4.90 Å². The summed E-state index contributed by atoms with van der Waals surface area (Å²) in [6, 6.07) is 67.5. The van der Waals surface area contributed by atoms with Crippen molar-refractivity contribution in [2.45, 2.75) is 0 Å². The Kier molecular flexibility index (Phi) is 6.53. The molecule has 0 radical (unpaired) electrons. The zero-order valence-electron chi connectivity index (χ0n) is 27.3. The molecule has 0 N–H and O–H groups in total. The molecule has 0 aliphatic carbocycles. The number of para-hydroxylation sites is 1. The van der Waals surface area contributed by atoms with Gasteiger partial charge in [0.2, 0.25) is 0 Å². The van der Waals surface area contributed by atoms with Gasteiger partial charge in [0.05, 0.1) is 11.1 Å². The minimum Gasteiger partial charge on any atom is -0.456 e. The first kappa shape index (κ1) is 28.4. The largest absolute Gasteiger partial charge is 0.456 e. The minimum absolute atomic E-state index is 0.876. The number of rotatable bonds is 5. The van der Waals surface area contributed by atoms with E-state index in [1.54, 1.807) is 0 Å². The molecule has 0 aliphatic heterocycles. The number of hydrogen-bond acceptors (Lipinski definition) is 2. The summed E-state index contributed by atoms with van der Waals surface area (Å²) in [6.45, 7) is 0. The molecule has 0 saturated carbocycles. The third kappa shape index (κ3) is 4.57. The summed E-state index contributed by atoms with van der Waals surface area (Å²) in [5, 5.41) is 9.83. The molecule has 2 heteroatoms. The lowest BCUT2D eigenvalue weighted by molar-refractivity contribution is 0.669. The lowest BCUT2D eigenvalue weighted by atomic mass is 9.91. The van der Waals surface area contributed by atoms with Gasteiger partial charge in [0.15, 0.2) is 0 Å². The van der Waals surface area contributed by atoms with Crippen molar-refractivity contribution in [3.05, 3.63) is 188 Å². The fourth-order valence-corrected chi connectivity index (χ4v) is 7.69. The van der Waals surface area contributed by atoms with Gasteiger partial charge in [-0.2, -0.15) is 0 Å². The van der Waals surface area contributed by atoms with E-state index in [4.69, 9.17) is 4.42 Å². The zero-order chi connectivity index (χ0) is 33.0. The molecule has 0 spiro atoms. The van der Waals surface area contributed by atoms with Gasteiger partial charge in [-0.1, -0.05) is 140 Å². The smallest absolute Gasteiger partial charge is 0.137 e. The lowest BCUT2D eigenvalue weighted by Gasteiger charge is -2.27. The number of benzene rings is 9. The SMILES string of the molecule is c1ccc(-c2ccc(N(c3ccc(-c4cc5c6ccccc6ccc5c5ccccc45)cc3)c3cccc4oc5ccccc5c34)cc2)cc1. The van der Waals surface area contributed by atoms with E-state index < -0.39 is 0 Å². The molecule has 0 atom stereocenters. The van der Waals surface area contributed by atoms with Crippen molar-refractivity contribution < 1.29 is 4.42 Å². The van der Waals surface area contributed by atoms with Gasteiger partial charge in [-0.3, -0.25) is 0 Å². The van der Waals surface area contributed by atoms with E-state index in [-0.39, 0.29) is 0 Å². The van der Waals surface area contributed by atoms with E-state index in [0.717, 1.165) is 39.0 Å². The van der Waals surface area contributed by atoms with Crippen molar-refractivity contribution in [2.24, 2.45) is 0 Å². The fraction of sp³-hybridized carbons (Fsp3) is 0. The Labute approximate surface area is 290 Å². The molecular weight excluding hydrogens is 607 g/mol. The van der Waals surface area contributed by atoms with Gasteiger partial charge < -0.3 is 9.32 Å². The van der Waals surface area contributed by atoms with Crippen molar-refractivity contribution >= 4 is 71.3 Å². The van der Waals surface area contributed by atoms with Crippen LogP contribution in [0.4, 0.5) is 17.1 Å². The Morgan fingerprint density at radius 1 is 0.340 bits per heavy atom. The molecule has 1 aromatic heterocycles. The highest BCUT2D eigenvalue weighted by Crippen LogP contribution is 2.44. The second-order valence-electron chi connectivity index (χ2n) is 12.9. The van der Waals surface area contributed by atoms with Crippen molar-refractivity contribution in [2.75, 3.05) is 4.90 Å². The predicted molar refractivity (Wildman–Crippen MR) is 212 cm³/mol. The van der Waals surface area contributed by atoms with Crippen LogP contribution in [0.15, 0.2) is 192 Å². The molecule has 2 nitrogen and oxygen atoms in total. The van der Waals surface area contributed by atoms with E-state index in [1.165, 1.54) is 54.6 Å². The number of nitrogens with zero attached hydrogens (tertiary/aromatic N) is 1. The van der Waals surface area contributed by atoms with Gasteiger partial charge in [0.1, 0.15) is 11.2 Å². The highest BCUT2D eigenvalue weighted by atomic mass is 16.3. The summed E-state index contributed by atoms with van der Waals surface area (Å²) in [5.41, 5.74) is 9.81. The Morgan fingerprint density at radius 2 is 0.920 bits per heavy atom. The number of fused-ring (bicyclic) bond motifs is 8. The summed E-state index contributed by atoms with van der Waals surface area (Å²) in [4.78, 5) is 2.36. The van der Waals surface area contributed by atoms with E-state index in [1.807, 2.05) is 12.1 Å².